The molecular weight excluding hydrogens is 300 g/mol. The smallest absolute Gasteiger partial charge is 0.335 e. The van der Waals surface area contributed by atoms with Crippen molar-refractivity contribution in [1.29, 1.82) is 0 Å². The van der Waals surface area contributed by atoms with E-state index in [1.165, 1.54) is 12.1 Å². The van der Waals surface area contributed by atoms with Gasteiger partial charge in [0.15, 0.2) is 0 Å². The Morgan fingerprint density at radius 2 is 2.05 bits per heavy atom. The molecule has 1 aromatic carbocycles. The molecule has 0 aromatic heterocycles. The van der Waals surface area contributed by atoms with Gasteiger partial charge < -0.3 is 15.2 Å². The van der Waals surface area contributed by atoms with Gasteiger partial charge in [0.25, 0.3) is 0 Å². The number of nitrogens with two attached hydrogens (primary N) is 1. The summed E-state index contributed by atoms with van der Waals surface area (Å²) < 4.78 is 28.1. The summed E-state index contributed by atoms with van der Waals surface area (Å²) in [4.78, 5) is 21.7. The van der Waals surface area contributed by atoms with Crippen LogP contribution in [0.3, 0.4) is 0 Å². The van der Waals surface area contributed by atoms with E-state index in [4.69, 9.17) is 15.0 Å². The number of sulfonamides is 1. The third-order valence-electron chi connectivity index (χ3n) is 2.46. The minimum absolute atomic E-state index is 0.0403. The van der Waals surface area contributed by atoms with E-state index < -0.39 is 20.9 Å². The topological polar surface area (TPSA) is 136 Å². The molecular formula is C12H16N2O6S. The number of hydrogen-bond acceptors (Lipinski definition) is 5. The van der Waals surface area contributed by atoms with Crippen molar-refractivity contribution in [2.75, 3.05) is 13.2 Å². The molecule has 0 aliphatic rings. The van der Waals surface area contributed by atoms with Crippen molar-refractivity contribution in [3.63, 3.8) is 0 Å². The van der Waals surface area contributed by atoms with E-state index in [2.05, 4.69) is 5.32 Å². The summed E-state index contributed by atoms with van der Waals surface area (Å²) in [6.45, 7) is 2.19. The van der Waals surface area contributed by atoms with Gasteiger partial charge in [-0.15, -0.1) is 0 Å². The highest BCUT2D eigenvalue weighted by Gasteiger charge is 2.18. The van der Waals surface area contributed by atoms with Gasteiger partial charge in [0.05, 0.1) is 18.6 Å². The van der Waals surface area contributed by atoms with Crippen molar-refractivity contribution in [2.45, 2.75) is 18.2 Å². The molecule has 21 heavy (non-hydrogen) atoms. The Bertz CT molecular complexity index is 641. The van der Waals surface area contributed by atoms with Gasteiger partial charge >= 0.3 is 5.97 Å². The van der Waals surface area contributed by atoms with E-state index in [1.54, 1.807) is 6.92 Å². The molecule has 0 heterocycles. The fourth-order valence-electron chi connectivity index (χ4n) is 1.52. The van der Waals surface area contributed by atoms with Crippen molar-refractivity contribution in [3.8, 4) is 5.75 Å². The fourth-order valence-corrected chi connectivity index (χ4v) is 2.22. The predicted molar refractivity (Wildman–Crippen MR) is 73.6 cm³/mol. The molecule has 0 atom stereocenters. The van der Waals surface area contributed by atoms with Crippen LogP contribution in [-0.4, -0.2) is 38.6 Å². The quantitative estimate of drug-likeness (QED) is 0.644. The number of primary sulfonamides is 1. The third-order valence-corrected chi connectivity index (χ3v) is 3.39. The maximum Gasteiger partial charge on any atom is 0.335 e. The molecule has 0 bridgehead atoms. The van der Waals surface area contributed by atoms with Crippen molar-refractivity contribution in [2.24, 2.45) is 5.14 Å². The average molecular weight is 316 g/mol. The van der Waals surface area contributed by atoms with E-state index in [9.17, 15) is 18.0 Å². The van der Waals surface area contributed by atoms with Crippen LogP contribution in [0.1, 0.15) is 23.7 Å². The summed E-state index contributed by atoms with van der Waals surface area (Å²) in [5.74, 6) is -1.61. The molecule has 0 fully saturated rings. The van der Waals surface area contributed by atoms with Gasteiger partial charge in [0.1, 0.15) is 10.6 Å². The highest BCUT2D eigenvalue weighted by atomic mass is 32.2. The lowest BCUT2D eigenvalue weighted by Crippen LogP contribution is -2.24. The number of hydrogen-bond donors (Lipinski definition) is 3. The van der Waals surface area contributed by atoms with Crippen LogP contribution in [0.25, 0.3) is 0 Å². The summed E-state index contributed by atoms with van der Waals surface area (Å²) in [7, 11) is -4.14. The minimum atomic E-state index is -4.14. The Kier molecular flexibility index (Phi) is 5.68. The number of benzene rings is 1. The Balaban J connectivity index is 2.92. The molecule has 0 saturated heterocycles. The van der Waals surface area contributed by atoms with Gasteiger partial charge in [0, 0.05) is 6.54 Å². The van der Waals surface area contributed by atoms with Gasteiger partial charge in [-0.3, -0.25) is 4.79 Å². The van der Waals surface area contributed by atoms with Gasteiger partial charge in [-0.1, -0.05) is 0 Å². The first kappa shape index (κ1) is 16.9. The molecule has 4 N–H and O–H groups in total. The summed E-state index contributed by atoms with van der Waals surface area (Å²) in [5, 5.41) is 16.4. The summed E-state index contributed by atoms with van der Waals surface area (Å²) >= 11 is 0. The van der Waals surface area contributed by atoms with Crippen LogP contribution in [0, 0.1) is 0 Å². The highest BCUT2D eigenvalue weighted by molar-refractivity contribution is 7.89. The van der Waals surface area contributed by atoms with Crippen LogP contribution in [-0.2, 0) is 14.8 Å². The molecule has 0 radical (unpaired) electrons. The Morgan fingerprint density at radius 1 is 1.38 bits per heavy atom. The molecule has 1 aromatic rings. The first-order valence-corrected chi connectivity index (χ1v) is 7.60. The van der Waals surface area contributed by atoms with E-state index in [1.807, 2.05) is 0 Å². The lowest BCUT2D eigenvalue weighted by molar-refractivity contribution is -0.121. The van der Waals surface area contributed by atoms with Crippen LogP contribution >= 0.6 is 0 Å². The normalized spacial score (nSPS) is 11.0. The number of carboxylic acids is 1. The molecule has 0 saturated carbocycles. The standard InChI is InChI=1S/C12H16N2O6S/c1-2-14-11(15)5-6-20-9-4-3-8(12(16)17)7-10(9)21(13,18)19/h3-4,7H,2,5-6H2,1H3,(H,14,15)(H,16,17)(H2,13,18,19). The largest absolute Gasteiger partial charge is 0.492 e. The maximum atomic E-state index is 11.5. The second-order valence-electron chi connectivity index (χ2n) is 4.06. The second-order valence-corrected chi connectivity index (χ2v) is 5.59. The molecule has 0 unspecified atom stereocenters. The molecule has 9 heteroatoms. The minimum Gasteiger partial charge on any atom is -0.492 e. The SMILES string of the molecule is CCNC(=O)CCOc1ccc(C(=O)O)cc1S(N)(=O)=O. The predicted octanol–water partition coefficient (Wildman–Crippen LogP) is -0.0628. The highest BCUT2D eigenvalue weighted by Crippen LogP contribution is 2.24. The molecule has 8 nitrogen and oxygen atoms in total. The van der Waals surface area contributed by atoms with Gasteiger partial charge in [-0.25, -0.2) is 18.4 Å². The number of carboxylic acid groups (broad SMARTS) is 1. The first-order chi connectivity index (χ1) is 9.75. The van der Waals surface area contributed by atoms with Gasteiger partial charge in [0.2, 0.25) is 15.9 Å². The number of amides is 1. The van der Waals surface area contributed by atoms with Crippen molar-refractivity contribution in [3.05, 3.63) is 23.8 Å². The van der Waals surface area contributed by atoms with Crippen LogP contribution < -0.4 is 15.2 Å². The monoisotopic (exact) mass is 316 g/mol. The number of carbonyl (C=O) groups is 2. The summed E-state index contributed by atoms with van der Waals surface area (Å²) in [6, 6.07) is 3.30. The summed E-state index contributed by atoms with van der Waals surface area (Å²) in [6.07, 6.45) is 0.0403. The third kappa shape index (κ3) is 5.04. The Labute approximate surface area is 122 Å². The zero-order valence-corrected chi connectivity index (χ0v) is 12.1. The molecule has 0 aliphatic heterocycles. The fraction of sp³-hybridized carbons (Fsp3) is 0.333. The zero-order chi connectivity index (χ0) is 16.0. The van der Waals surface area contributed by atoms with Gasteiger partial charge in [-0.05, 0) is 25.1 Å². The van der Waals surface area contributed by atoms with Crippen molar-refractivity contribution < 1.29 is 27.9 Å². The molecule has 116 valence electrons. The second kappa shape index (κ2) is 7.04. The number of rotatable bonds is 7. The number of carbonyl (C=O) groups excluding carboxylic acids is 1. The van der Waals surface area contributed by atoms with Crippen LogP contribution in [0.4, 0.5) is 0 Å². The van der Waals surface area contributed by atoms with Gasteiger partial charge in [-0.2, -0.15) is 0 Å². The van der Waals surface area contributed by atoms with Crippen LogP contribution in [0.2, 0.25) is 0 Å². The zero-order valence-electron chi connectivity index (χ0n) is 11.3. The molecule has 1 rings (SSSR count). The lowest BCUT2D eigenvalue weighted by Gasteiger charge is -2.10. The number of nitrogens with one attached hydrogen (secondary N) is 1. The first-order valence-electron chi connectivity index (χ1n) is 6.05. The van der Waals surface area contributed by atoms with E-state index >= 15 is 0 Å². The van der Waals surface area contributed by atoms with E-state index in [-0.39, 0.29) is 30.2 Å². The number of ether oxygens (including phenoxy) is 1. The van der Waals surface area contributed by atoms with E-state index in [0.717, 1.165) is 6.07 Å². The molecule has 1 amide bonds. The van der Waals surface area contributed by atoms with E-state index in [0.29, 0.717) is 6.54 Å². The van der Waals surface area contributed by atoms with Crippen LogP contribution in [0.15, 0.2) is 23.1 Å². The lowest BCUT2D eigenvalue weighted by atomic mass is 10.2. The molecule has 0 aliphatic carbocycles. The summed E-state index contributed by atoms with van der Waals surface area (Å²) in [5.41, 5.74) is -0.227. The maximum absolute atomic E-state index is 11.5. The van der Waals surface area contributed by atoms with Crippen molar-refractivity contribution >= 4 is 21.9 Å². The molecule has 0 spiro atoms. The van der Waals surface area contributed by atoms with Crippen molar-refractivity contribution in [1.82, 2.24) is 5.32 Å². The average Bonchev–Trinajstić information content (AvgIpc) is 2.37. The number of aromatic carboxylic acids is 1. The Morgan fingerprint density at radius 3 is 2.57 bits per heavy atom. The van der Waals surface area contributed by atoms with Crippen LogP contribution in [0.5, 0.6) is 5.75 Å². The Hall–Kier alpha value is -2.13.